The third-order valence-corrected chi connectivity index (χ3v) is 2.26. The van der Waals surface area contributed by atoms with Crippen molar-refractivity contribution in [2.75, 3.05) is 11.9 Å². The first kappa shape index (κ1) is 9.77. The van der Waals surface area contributed by atoms with E-state index in [4.69, 9.17) is 0 Å². The molecule has 0 bridgehead atoms. The van der Waals surface area contributed by atoms with Crippen LogP contribution in [0.25, 0.3) is 5.69 Å². The van der Waals surface area contributed by atoms with Gasteiger partial charge in [-0.1, -0.05) is 12.1 Å². The molecular formula is C12H15N3. The van der Waals surface area contributed by atoms with Crippen LogP contribution in [0.4, 0.5) is 5.95 Å². The number of anilines is 1. The topological polar surface area (TPSA) is 29.9 Å². The zero-order valence-electron chi connectivity index (χ0n) is 9.07. The molecule has 0 saturated heterocycles. The summed E-state index contributed by atoms with van der Waals surface area (Å²) >= 11 is 0. The molecule has 1 aromatic heterocycles. The number of nitrogens with one attached hydrogen (secondary N) is 1. The van der Waals surface area contributed by atoms with Gasteiger partial charge >= 0.3 is 0 Å². The van der Waals surface area contributed by atoms with Crippen molar-refractivity contribution in [3.8, 4) is 5.69 Å². The number of aryl methyl sites for hydroxylation is 1. The molecule has 0 aliphatic carbocycles. The zero-order valence-corrected chi connectivity index (χ0v) is 9.07. The fraction of sp³-hybridized carbons (Fsp3) is 0.250. The van der Waals surface area contributed by atoms with Gasteiger partial charge in [-0.2, -0.15) is 0 Å². The smallest absolute Gasteiger partial charge is 0.207 e. The van der Waals surface area contributed by atoms with Crippen molar-refractivity contribution in [3.63, 3.8) is 0 Å². The first-order chi connectivity index (χ1) is 7.31. The van der Waals surface area contributed by atoms with E-state index in [2.05, 4.69) is 53.0 Å². The van der Waals surface area contributed by atoms with E-state index in [-0.39, 0.29) is 0 Å². The van der Waals surface area contributed by atoms with Crippen molar-refractivity contribution >= 4 is 5.95 Å². The van der Waals surface area contributed by atoms with Crippen LogP contribution in [0.15, 0.2) is 36.7 Å². The summed E-state index contributed by atoms with van der Waals surface area (Å²) in [6.45, 7) is 5.03. The Hall–Kier alpha value is -1.77. The van der Waals surface area contributed by atoms with Crippen LogP contribution >= 0.6 is 0 Å². The van der Waals surface area contributed by atoms with Crippen molar-refractivity contribution in [1.29, 1.82) is 0 Å². The van der Waals surface area contributed by atoms with Gasteiger partial charge in [0, 0.05) is 24.6 Å². The summed E-state index contributed by atoms with van der Waals surface area (Å²) in [7, 11) is 0. The average molecular weight is 201 g/mol. The van der Waals surface area contributed by atoms with Gasteiger partial charge in [0.05, 0.1) is 0 Å². The van der Waals surface area contributed by atoms with E-state index in [0.717, 1.165) is 18.2 Å². The molecule has 2 aromatic rings. The van der Waals surface area contributed by atoms with Gasteiger partial charge in [0.15, 0.2) is 0 Å². The first-order valence-electron chi connectivity index (χ1n) is 5.15. The molecular weight excluding hydrogens is 186 g/mol. The lowest BCUT2D eigenvalue weighted by atomic mass is 10.2. The Labute approximate surface area is 89.8 Å². The second-order valence-corrected chi connectivity index (χ2v) is 3.49. The van der Waals surface area contributed by atoms with Gasteiger partial charge in [0.2, 0.25) is 5.95 Å². The number of benzene rings is 1. The SMILES string of the molecule is CCNc1nccn1-c1cccc(C)c1. The fourth-order valence-electron chi connectivity index (χ4n) is 1.58. The van der Waals surface area contributed by atoms with E-state index in [0.29, 0.717) is 0 Å². The Balaban J connectivity index is 2.40. The second kappa shape index (κ2) is 4.17. The van der Waals surface area contributed by atoms with E-state index in [1.54, 1.807) is 6.20 Å². The van der Waals surface area contributed by atoms with Crippen LogP contribution < -0.4 is 5.32 Å². The summed E-state index contributed by atoms with van der Waals surface area (Å²) in [6.07, 6.45) is 3.77. The lowest BCUT2D eigenvalue weighted by molar-refractivity contribution is 1.02. The molecule has 0 aliphatic heterocycles. The highest BCUT2D eigenvalue weighted by Crippen LogP contribution is 2.15. The number of aromatic nitrogens is 2. The number of imidazole rings is 1. The van der Waals surface area contributed by atoms with Crippen molar-refractivity contribution < 1.29 is 0 Å². The minimum atomic E-state index is 0.878. The van der Waals surface area contributed by atoms with E-state index < -0.39 is 0 Å². The molecule has 0 atom stereocenters. The van der Waals surface area contributed by atoms with E-state index in [1.807, 2.05) is 6.20 Å². The second-order valence-electron chi connectivity index (χ2n) is 3.49. The van der Waals surface area contributed by atoms with Gasteiger partial charge in [-0.05, 0) is 31.5 Å². The van der Waals surface area contributed by atoms with Crippen molar-refractivity contribution in [1.82, 2.24) is 9.55 Å². The lowest BCUT2D eigenvalue weighted by Gasteiger charge is -2.08. The van der Waals surface area contributed by atoms with Crippen molar-refractivity contribution in [2.45, 2.75) is 13.8 Å². The predicted molar refractivity (Wildman–Crippen MR) is 62.5 cm³/mol. The fourth-order valence-corrected chi connectivity index (χ4v) is 1.58. The predicted octanol–water partition coefficient (Wildman–Crippen LogP) is 2.61. The van der Waals surface area contributed by atoms with Crippen molar-refractivity contribution in [2.24, 2.45) is 0 Å². The third kappa shape index (κ3) is 2.01. The van der Waals surface area contributed by atoms with E-state index >= 15 is 0 Å². The van der Waals surface area contributed by atoms with Gasteiger partial charge < -0.3 is 5.32 Å². The molecule has 0 fully saturated rings. The van der Waals surface area contributed by atoms with Gasteiger partial charge in [-0.25, -0.2) is 4.98 Å². The van der Waals surface area contributed by atoms with Crippen LogP contribution in [0.3, 0.4) is 0 Å². The molecule has 0 unspecified atom stereocenters. The Morgan fingerprint density at radius 3 is 3.00 bits per heavy atom. The highest BCUT2D eigenvalue weighted by atomic mass is 15.2. The lowest BCUT2D eigenvalue weighted by Crippen LogP contribution is -2.04. The molecule has 3 nitrogen and oxygen atoms in total. The molecule has 78 valence electrons. The maximum absolute atomic E-state index is 4.26. The molecule has 15 heavy (non-hydrogen) atoms. The Kier molecular flexibility index (Phi) is 2.72. The normalized spacial score (nSPS) is 10.3. The molecule has 0 aliphatic rings. The summed E-state index contributed by atoms with van der Waals surface area (Å²) in [5.41, 5.74) is 2.40. The van der Waals surface area contributed by atoms with E-state index in [9.17, 15) is 0 Å². The molecule has 1 aromatic carbocycles. The maximum atomic E-state index is 4.26. The van der Waals surface area contributed by atoms with Gasteiger partial charge in [0.1, 0.15) is 0 Å². The molecule has 0 saturated carbocycles. The Bertz CT molecular complexity index is 446. The largest absolute Gasteiger partial charge is 0.356 e. The first-order valence-corrected chi connectivity index (χ1v) is 5.15. The average Bonchev–Trinajstić information content (AvgIpc) is 2.66. The number of rotatable bonds is 3. The monoisotopic (exact) mass is 201 g/mol. The Morgan fingerprint density at radius 2 is 2.27 bits per heavy atom. The van der Waals surface area contributed by atoms with Crippen LogP contribution in [-0.2, 0) is 0 Å². The number of nitrogens with zero attached hydrogens (tertiary/aromatic N) is 2. The molecule has 0 radical (unpaired) electrons. The van der Waals surface area contributed by atoms with E-state index in [1.165, 1.54) is 5.56 Å². The van der Waals surface area contributed by atoms with Gasteiger partial charge in [-0.3, -0.25) is 4.57 Å². The highest BCUT2D eigenvalue weighted by Gasteiger charge is 2.02. The highest BCUT2D eigenvalue weighted by molar-refractivity contribution is 5.43. The molecule has 2 rings (SSSR count). The molecule has 1 heterocycles. The van der Waals surface area contributed by atoms with Gasteiger partial charge in [-0.15, -0.1) is 0 Å². The quantitative estimate of drug-likeness (QED) is 0.827. The number of hydrogen-bond acceptors (Lipinski definition) is 2. The van der Waals surface area contributed by atoms with Gasteiger partial charge in [0.25, 0.3) is 0 Å². The maximum Gasteiger partial charge on any atom is 0.207 e. The molecule has 0 amide bonds. The number of hydrogen-bond donors (Lipinski definition) is 1. The third-order valence-electron chi connectivity index (χ3n) is 2.26. The molecule has 1 N–H and O–H groups in total. The van der Waals surface area contributed by atoms with Crippen molar-refractivity contribution in [3.05, 3.63) is 42.2 Å². The molecule has 3 heteroatoms. The summed E-state index contributed by atoms with van der Waals surface area (Å²) in [5, 5.41) is 3.23. The minimum Gasteiger partial charge on any atom is -0.356 e. The van der Waals surface area contributed by atoms with Crippen LogP contribution in [0.1, 0.15) is 12.5 Å². The summed E-state index contributed by atoms with van der Waals surface area (Å²) in [5.74, 6) is 0.892. The zero-order chi connectivity index (χ0) is 10.7. The van der Waals surface area contributed by atoms with Crippen LogP contribution in [0.2, 0.25) is 0 Å². The summed E-state index contributed by atoms with van der Waals surface area (Å²) < 4.78 is 2.05. The minimum absolute atomic E-state index is 0.878. The molecule has 0 spiro atoms. The van der Waals surface area contributed by atoms with Crippen LogP contribution in [0.5, 0.6) is 0 Å². The Morgan fingerprint density at radius 1 is 1.40 bits per heavy atom. The standard InChI is InChI=1S/C12H15N3/c1-3-13-12-14-7-8-15(12)11-6-4-5-10(2)9-11/h4-9H,3H2,1-2H3,(H,13,14). The summed E-state index contributed by atoms with van der Waals surface area (Å²) in [4.78, 5) is 4.26. The summed E-state index contributed by atoms with van der Waals surface area (Å²) in [6, 6.07) is 8.37. The van der Waals surface area contributed by atoms with Crippen LogP contribution in [0, 0.1) is 6.92 Å². The van der Waals surface area contributed by atoms with Crippen LogP contribution in [-0.4, -0.2) is 16.1 Å².